The number of pyridine rings is 1. The quantitative estimate of drug-likeness (QED) is 0.383. The molecule has 0 fully saturated rings. The van der Waals surface area contributed by atoms with Crippen molar-refractivity contribution in [2.24, 2.45) is 0 Å². The van der Waals surface area contributed by atoms with Crippen molar-refractivity contribution >= 4 is 21.9 Å². The number of fused-ring (bicyclic) bond motifs is 3. The Morgan fingerprint density at radius 2 is 1.63 bits per heavy atom. The van der Waals surface area contributed by atoms with E-state index in [1.165, 1.54) is 0 Å². The minimum atomic E-state index is 0.635. The summed E-state index contributed by atoms with van der Waals surface area (Å²) >= 11 is 0. The summed E-state index contributed by atoms with van der Waals surface area (Å²) in [5, 5.41) is 11.7. The van der Waals surface area contributed by atoms with Crippen molar-refractivity contribution in [2.75, 3.05) is 0 Å². The van der Waals surface area contributed by atoms with E-state index in [9.17, 15) is 5.26 Å². The van der Waals surface area contributed by atoms with Crippen molar-refractivity contribution in [2.45, 2.75) is 0 Å². The van der Waals surface area contributed by atoms with Crippen LogP contribution in [-0.4, -0.2) is 4.98 Å². The number of aromatic nitrogens is 1. The monoisotopic (exact) mass is 346 g/mol. The number of hydrogen-bond acceptors (Lipinski definition) is 3. The Hall–Kier alpha value is -3.90. The number of benzene rings is 3. The van der Waals surface area contributed by atoms with Gasteiger partial charge in [0.15, 0.2) is 0 Å². The Bertz CT molecular complexity index is 1310. The molecule has 0 atom stereocenters. The van der Waals surface area contributed by atoms with Crippen LogP contribution in [-0.2, 0) is 0 Å². The van der Waals surface area contributed by atoms with E-state index in [-0.39, 0.29) is 0 Å². The van der Waals surface area contributed by atoms with Gasteiger partial charge in [-0.3, -0.25) is 4.98 Å². The summed E-state index contributed by atoms with van der Waals surface area (Å²) < 4.78 is 6.18. The lowest BCUT2D eigenvalue weighted by Crippen LogP contribution is -1.86. The molecular formula is C24H14N2O. The SMILES string of the molecule is N#Cc1c(-c2ccccc2)ccc2oc3c(-c4ccccn4)cccc3c12. The van der Waals surface area contributed by atoms with Crippen molar-refractivity contribution < 1.29 is 4.42 Å². The predicted molar refractivity (Wildman–Crippen MR) is 107 cm³/mol. The number of nitrogens with zero attached hydrogens (tertiary/aromatic N) is 2. The predicted octanol–water partition coefficient (Wildman–Crippen LogP) is 6.19. The van der Waals surface area contributed by atoms with Crippen LogP contribution in [0.4, 0.5) is 0 Å². The van der Waals surface area contributed by atoms with Crippen LogP contribution in [0.25, 0.3) is 44.3 Å². The van der Waals surface area contributed by atoms with Gasteiger partial charge in [-0.1, -0.05) is 48.5 Å². The molecule has 0 N–H and O–H groups in total. The van der Waals surface area contributed by atoms with E-state index in [0.717, 1.165) is 38.7 Å². The van der Waals surface area contributed by atoms with Gasteiger partial charge < -0.3 is 4.42 Å². The first kappa shape index (κ1) is 15.4. The van der Waals surface area contributed by atoms with Gasteiger partial charge in [0.1, 0.15) is 17.2 Å². The average molecular weight is 346 g/mol. The first-order valence-electron chi connectivity index (χ1n) is 8.72. The zero-order valence-electron chi connectivity index (χ0n) is 14.4. The van der Waals surface area contributed by atoms with Gasteiger partial charge >= 0.3 is 0 Å². The Balaban J connectivity index is 1.86. The molecule has 0 aliphatic rings. The van der Waals surface area contributed by atoms with Gasteiger partial charge in [-0.15, -0.1) is 0 Å². The van der Waals surface area contributed by atoms with Gasteiger partial charge in [-0.05, 0) is 35.9 Å². The summed E-state index contributed by atoms with van der Waals surface area (Å²) in [6.07, 6.45) is 1.77. The molecule has 0 aliphatic heterocycles. The minimum absolute atomic E-state index is 0.635. The van der Waals surface area contributed by atoms with Crippen LogP contribution < -0.4 is 0 Å². The van der Waals surface area contributed by atoms with E-state index < -0.39 is 0 Å². The molecule has 0 unspecified atom stereocenters. The molecule has 0 saturated carbocycles. The van der Waals surface area contributed by atoms with Gasteiger partial charge in [0.25, 0.3) is 0 Å². The molecule has 0 radical (unpaired) electrons. The molecule has 2 aromatic heterocycles. The van der Waals surface area contributed by atoms with Crippen LogP contribution in [0.3, 0.4) is 0 Å². The highest BCUT2D eigenvalue weighted by atomic mass is 16.3. The van der Waals surface area contributed by atoms with Crippen molar-refractivity contribution in [3.05, 3.63) is 90.6 Å². The first-order valence-corrected chi connectivity index (χ1v) is 8.72. The van der Waals surface area contributed by atoms with E-state index in [4.69, 9.17) is 4.42 Å². The van der Waals surface area contributed by atoms with E-state index in [2.05, 4.69) is 11.1 Å². The second kappa shape index (κ2) is 6.12. The highest BCUT2D eigenvalue weighted by Gasteiger charge is 2.18. The Kier molecular flexibility index (Phi) is 3.48. The third kappa shape index (κ3) is 2.39. The van der Waals surface area contributed by atoms with Gasteiger partial charge in [-0.25, -0.2) is 0 Å². The zero-order chi connectivity index (χ0) is 18.2. The van der Waals surface area contributed by atoms with Crippen LogP contribution in [0.5, 0.6) is 0 Å². The normalized spacial score (nSPS) is 10.9. The largest absolute Gasteiger partial charge is 0.455 e. The molecule has 126 valence electrons. The molecule has 0 aliphatic carbocycles. The maximum absolute atomic E-state index is 9.94. The summed E-state index contributed by atoms with van der Waals surface area (Å²) in [6.45, 7) is 0. The molecule has 3 aromatic carbocycles. The molecule has 3 nitrogen and oxygen atoms in total. The number of para-hydroxylation sites is 1. The van der Waals surface area contributed by atoms with Crippen molar-refractivity contribution in [1.29, 1.82) is 5.26 Å². The second-order valence-electron chi connectivity index (χ2n) is 6.34. The molecule has 0 amide bonds. The minimum Gasteiger partial charge on any atom is -0.455 e. The second-order valence-corrected chi connectivity index (χ2v) is 6.34. The van der Waals surface area contributed by atoms with Gasteiger partial charge in [0, 0.05) is 28.1 Å². The molecule has 5 rings (SSSR count). The molecular weight excluding hydrogens is 332 g/mol. The zero-order valence-corrected chi connectivity index (χ0v) is 14.4. The van der Waals surface area contributed by atoms with Crippen molar-refractivity contribution in [3.63, 3.8) is 0 Å². The summed E-state index contributed by atoms with van der Waals surface area (Å²) in [6, 6.07) is 28.1. The van der Waals surface area contributed by atoms with Crippen LogP contribution in [0, 0.1) is 11.3 Å². The fraction of sp³-hybridized carbons (Fsp3) is 0. The lowest BCUT2D eigenvalue weighted by molar-refractivity contribution is 0.670. The van der Waals surface area contributed by atoms with Crippen LogP contribution in [0.1, 0.15) is 5.56 Å². The van der Waals surface area contributed by atoms with Gasteiger partial charge in [-0.2, -0.15) is 5.26 Å². The average Bonchev–Trinajstić information content (AvgIpc) is 3.13. The number of furan rings is 1. The molecule has 0 bridgehead atoms. The molecule has 0 spiro atoms. The molecule has 5 aromatic rings. The molecule has 3 heteroatoms. The smallest absolute Gasteiger partial charge is 0.144 e. The topological polar surface area (TPSA) is 49.8 Å². The van der Waals surface area contributed by atoms with E-state index in [0.29, 0.717) is 11.1 Å². The third-order valence-electron chi connectivity index (χ3n) is 4.80. The lowest BCUT2D eigenvalue weighted by atomic mass is 9.95. The summed E-state index contributed by atoms with van der Waals surface area (Å²) in [4.78, 5) is 4.45. The summed E-state index contributed by atoms with van der Waals surface area (Å²) in [5.74, 6) is 0. The third-order valence-corrected chi connectivity index (χ3v) is 4.80. The molecule has 0 saturated heterocycles. The Morgan fingerprint density at radius 1 is 0.778 bits per heavy atom. The van der Waals surface area contributed by atoms with Gasteiger partial charge in [0.2, 0.25) is 0 Å². The molecule has 27 heavy (non-hydrogen) atoms. The van der Waals surface area contributed by atoms with Crippen LogP contribution in [0.2, 0.25) is 0 Å². The van der Waals surface area contributed by atoms with Gasteiger partial charge in [0.05, 0.1) is 11.3 Å². The number of hydrogen-bond donors (Lipinski definition) is 0. The fourth-order valence-electron chi connectivity index (χ4n) is 3.59. The Labute approximate surface area is 156 Å². The van der Waals surface area contributed by atoms with Crippen LogP contribution >= 0.6 is 0 Å². The summed E-state index contributed by atoms with van der Waals surface area (Å²) in [7, 11) is 0. The Morgan fingerprint density at radius 3 is 2.41 bits per heavy atom. The highest BCUT2D eigenvalue weighted by molar-refractivity contribution is 6.13. The van der Waals surface area contributed by atoms with E-state index in [1.807, 2.05) is 78.9 Å². The maximum atomic E-state index is 9.94. The van der Waals surface area contributed by atoms with Crippen LogP contribution in [0.15, 0.2) is 89.5 Å². The van der Waals surface area contributed by atoms with E-state index >= 15 is 0 Å². The lowest BCUT2D eigenvalue weighted by Gasteiger charge is -2.05. The standard InChI is InChI=1S/C24H14N2O/c25-15-20-17(16-7-2-1-3-8-16)12-13-22-23(20)19-10-6-9-18(24(19)27-22)21-11-4-5-14-26-21/h1-14H. The van der Waals surface area contributed by atoms with Crippen molar-refractivity contribution in [3.8, 4) is 28.5 Å². The molecule has 2 heterocycles. The van der Waals surface area contributed by atoms with Crippen molar-refractivity contribution in [1.82, 2.24) is 4.98 Å². The summed E-state index contributed by atoms with van der Waals surface area (Å²) in [5.41, 5.74) is 5.81. The number of rotatable bonds is 2. The number of nitriles is 1. The van der Waals surface area contributed by atoms with E-state index in [1.54, 1.807) is 6.20 Å². The fourth-order valence-corrected chi connectivity index (χ4v) is 3.59. The highest BCUT2D eigenvalue weighted by Crippen LogP contribution is 2.39. The first-order chi connectivity index (χ1) is 13.4. The maximum Gasteiger partial charge on any atom is 0.144 e.